The summed E-state index contributed by atoms with van der Waals surface area (Å²) in [5, 5.41) is 11.8. The first-order chi connectivity index (χ1) is 13.7. The standard InChI is InChI=1S/C18H12F3N3O3S2/c1-23-12(18(19,20)21)7-13(26)24(17(23)27)10-3-2-4-11-14(10)15(22-29-11)16-9(8-25)5-6-28-16/h2-7,25H,8H2,1H3. The molecule has 1 N–H and O–H groups in total. The number of alkyl halides is 3. The topological polar surface area (TPSA) is 77.1 Å². The molecule has 0 unspecified atom stereocenters. The zero-order valence-electron chi connectivity index (χ0n) is 14.7. The molecule has 0 saturated heterocycles. The lowest BCUT2D eigenvalue weighted by Gasteiger charge is -2.14. The molecule has 0 aliphatic rings. The van der Waals surface area contributed by atoms with Crippen LogP contribution in [0.5, 0.6) is 0 Å². The molecule has 0 fully saturated rings. The fourth-order valence-electron chi connectivity index (χ4n) is 3.10. The highest BCUT2D eigenvalue weighted by Crippen LogP contribution is 2.38. The number of hydrogen-bond donors (Lipinski definition) is 1. The summed E-state index contributed by atoms with van der Waals surface area (Å²) < 4.78 is 45.6. The maximum Gasteiger partial charge on any atom is 0.431 e. The largest absolute Gasteiger partial charge is 0.431 e. The number of halogens is 3. The molecule has 11 heteroatoms. The maximum atomic E-state index is 13.1. The average Bonchev–Trinajstić information content (AvgIpc) is 3.30. The predicted molar refractivity (Wildman–Crippen MR) is 105 cm³/mol. The molecule has 0 bridgehead atoms. The molecule has 1 aromatic carbocycles. The second-order valence-corrected chi connectivity index (χ2v) is 7.88. The van der Waals surface area contributed by atoms with Crippen LogP contribution in [-0.4, -0.2) is 18.6 Å². The molecule has 0 aliphatic heterocycles. The lowest BCUT2D eigenvalue weighted by molar-refractivity contribution is -0.144. The number of aliphatic hydroxyl groups excluding tert-OH is 1. The lowest BCUT2D eigenvalue weighted by Crippen LogP contribution is -2.40. The van der Waals surface area contributed by atoms with Gasteiger partial charge in [-0.1, -0.05) is 6.07 Å². The van der Waals surface area contributed by atoms with Crippen molar-refractivity contribution in [3.05, 3.63) is 67.8 Å². The van der Waals surface area contributed by atoms with Crippen LogP contribution in [0.25, 0.3) is 26.3 Å². The van der Waals surface area contributed by atoms with E-state index in [0.717, 1.165) is 18.6 Å². The van der Waals surface area contributed by atoms with Crippen molar-refractivity contribution in [3.8, 4) is 16.3 Å². The maximum absolute atomic E-state index is 13.1. The van der Waals surface area contributed by atoms with Crippen molar-refractivity contribution in [3.63, 3.8) is 0 Å². The smallest absolute Gasteiger partial charge is 0.392 e. The monoisotopic (exact) mass is 439 g/mol. The van der Waals surface area contributed by atoms with Crippen molar-refractivity contribution in [1.82, 2.24) is 13.5 Å². The molecule has 4 rings (SSSR count). The molecule has 0 saturated carbocycles. The number of fused-ring (bicyclic) bond motifs is 1. The van der Waals surface area contributed by atoms with Gasteiger partial charge in [0.05, 0.1) is 21.9 Å². The average molecular weight is 439 g/mol. The van der Waals surface area contributed by atoms with Gasteiger partial charge in [-0.25, -0.2) is 9.36 Å². The third kappa shape index (κ3) is 3.11. The van der Waals surface area contributed by atoms with E-state index in [-0.39, 0.29) is 12.3 Å². The summed E-state index contributed by atoms with van der Waals surface area (Å²) in [6, 6.07) is 6.97. The molecule has 0 aliphatic carbocycles. The van der Waals surface area contributed by atoms with E-state index in [1.54, 1.807) is 23.6 Å². The summed E-state index contributed by atoms with van der Waals surface area (Å²) >= 11 is 2.47. The normalized spacial score (nSPS) is 12.0. The fourth-order valence-corrected chi connectivity index (χ4v) is 4.88. The summed E-state index contributed by atoms with van der Waals surface area (Å²) in [5.74, 6) is 0. The zero-order valence-corrected chi connectivity index (χ0v) is 16.4. The Hall–Kier alpha value is -2.76. The van der Waals surface area contributed by atoms with Crippen molar-refractivity contribution in [2.75, 3.05) is 0 Å². The van der Waals surface area contributed by atoms with Crippen LogP contribution in [0.3, 0.4) is 0 Å². The van der Waals surface area contributed by atoms with Crippen LogP contribution in [-0.2, 0) is 19.8 Å². The highest BCUT2D eigenvalue weighted by molar-refractivity contribution is 7.16. The predicted octanol–water partition coefficient (Wildman–Crippen LogP) is 3.39. The first-order valence-electron chi connectivity index (χ1n) is 8.20. The van der Waals surface area contributed by atoms with Crippen molar-refractivity contribution < 1.29 is 18.3 Å². The van der Waals surface area contributed by atoms with Gasteiger partial charge in [-0.3, -0.25) is 9.36 Å². The van der Waals surface area contributed by atoms with Gasteiger partial charge in [0.1, 0.15) is 11.4 Å². The van der Waals surface area contributed by atoms with Crippen molar-refractivity contribution in [2.24, 2.45) is 7.05 Å². The quantitative estimate of drug-likeness (QED) is 0.531. The molecule has 0 radical (unpaired) electrons. The van der Waals surface area contributed by atoms with Gasteiger partial charge >= 0.3 is 11.9 Å². The van der Waals surface area contributed by atoms with Gasteiger partial charge in [0.15, 0.2) is 0 Å². The molecule has 150 valence electrons. The van der Waals surface area contributed by atoms with E-state index >= 15 is 0 Å². The van der Waals surface area contributed by atoms with Gasteiger partial charge in [0, 0.05) is 18.5 Å². The molecular weight excluding hydrogens is 427 g/mol. The van der Waals surface area contributed by atoms with Gasteiger partial charge < -0.3 is 5.11 Å². The van der Waals surface area contributed by atoms with Crippen molar-refractivity contribution in [1.29, 1.82) is 0 Å². The minimum Gasteiger partial charge on any atom is -0.392 e. The number of rotatable bonds is 3. The minimum absolute atomic E-state index is 0.142. The Bertz CT molecular complexity index is 1350. The van der Waals surface area contributed by atoms with E-state index in [0.29, 0.717) is 41.4 Å². The van der Waals surface area contributed by atoms with E-state index < -0.39 is 23.1 Å². The number of aromatic nitrogens is 3. The van der Waals surface area contributed by atoms with Gasteiger partial charge in [0.25, 0.3) is 5.56 Å². The van der Waals surface area contributed by atoms with Crippen LogP contribution < -0.4 is 11.2 Å². The summed E-state index contributed by atoms with van der Waals surface area (Å²) in [6.45, 7) is -0.220. The van der Waals surface area contributed by atoms with Crippen molar-refractivity contribution in [2.45, 2.75) is 12.8 Å². The number of hydrogen-bond acceptors (Lipinski definition) is 6. The zero-order chi connectivity index (χ0) is 20.9. The van der Waals surface area contributed by atoms with E-state index in [4.69, 9.17) is 0 Å². The van der Waals surface area contributed by atoms with Gasteiger partial charge in [0.2, 0.25) is 0 Å². The molecule has 0 amide bonds. The third-order valence-corrected chi connectivity index (χ3v) is 6.23. The van der Waals surface area contributed by atoms with Gasteiger partial charge in [-0.2, -0.15) is 17.5 Å². The molecular formula is C18H12F3N3O3S2. The van der Waals surface area contributed by atoms with Crippen LogP contribution in [0.15, 0.2) is 45.3 Å². The molecule has 3 heterocycles. The lowest BCUT2D eigenvalue weighted by atomic mass is 10.1. The highest BCUT2D eigenvalue weighted by Gasteiger charge is 2.35. The summed E-state index contributed by atoms with van der Waals surface area (Å²) in [6.07, 6.45) is -4.83. The molecule has 6 nitrogen and oxygen atoms in total. The second kappa shape index (κ2) is 6.94. The Kier molecular flexibility index (Phi) is 4.68. The second-order valence-electron chi connectivity index (χ2n) is 6.16. The number of nitrogens with zero attached hydrogens (tertiary/aromatic N) is 3. The van der Waals surface area contributed by atoms with Crippen molar-refractivity contribution >= 4 is 33.0 Å². The summed E-state index contributed by atoms with van der Waals surface area (Å²) in [7, 11) is 0.969. The van der Waals surface area contributed by atoms with Gasteiger partial charge in [-0.05, 0) is 40.7 Å². The molecule has 29 heavy (non-hydrogen) atoms. The molecule has 4 aromatic rings. The third-order valence-electron chi connectivity index (χ3n) is 4.46. The van der Waals surface area contributed by atoms with Crippen LogP contribution in [0, 0.1) is 0 Å². The molecule has 3 aromatic heterocycles. The van der Waals surface area contributed by atoms with Crippen LogP contribution in [0.4, 0.5) is 13.2 Å². The van der Waals surface area contributed by atoms with E-state index in [1.165, 1.54) is 17.4 Å². The number of benzene rings is 1. The summed E-state index contributed by atoms with van der Waals surface area (Å²) in [5.41, 5.74) is -2.27. The number of aliphatic hydroxyl groups is 1. The first-order valence-corrected chi connectivity index (χ1v) is 9.86. The van der Waals surface area contributed by atoms with Crippen LogP contribution in [0.1, 0.15) is 11.3 Å². The Morgan fingerprint density at radius 2 is 1.97 bits per heavy atom. The first kappa shape index (κ1) is 19.6. The Labute approximate surface area is 168 Å². The molecule has 0 atom stereocenters. The highest BCUT2D eigenvalue weighted by atomic mass is 32.1. The van der Waals surface area contributed by atoms with Crippen LogP contribution >= 0.6 is 22.9 Å². The fraction of sp³-hybridized carbons (Fsp3) is 0.167. The summed E-state index contributed by atoms with van der Waals surface area (Å²) in [4.78, 5) is 25.9. The van der Waals surface area contributed by atoms with Gasteiger partial charge in [-0.15, -0.1) is 11.3 Å². The Morgan fingerprint density at radius 1 is 1.21 bits per heavy atom. The Balaban J connectivity index is 2.07. The van der Waals surface area contributed by atoms with E-state index in [9.17, 15) is 27.9 Å². The van der Waals surface area contributed by atoms with Crippen LogP contribution in [0.2, 0.25) is 0 Å². The Morgan fingerprint density at radius 3 is 2.66 bits per heavy atom. The van der Waals surface area contributed by atoms with E-state index in [2.05, 4.69) is 4.37 Å². The van der Waals surface area contributed by atoms with E-state index in [1.807, 2.05) is 0 Å². The SMILES string of the molecule is Cn1c(C(F)(F)F)cc(=O)n(-c2cccc3snc(-c4sccc4CO)c23)c1=O. The number of thiophene rings is 1. The molecule has 0 spiro atoms. The minimum atomic E-state index is -4.83.